The van der Waals surface area contributed by atoms with Crippen molar-refractivity contribution >= 4 is 33.2 Å². The maximum absolute atomic E-state index is 11.6. The second-order valence-corrected chi connectivity index (χ2v) is 5.05. The molecule has 0 saturated heterocycles. The van der Waals surface area contributed by atoms with Gasteiger partial charge in [0.15, 0.2) is 0 Å². The first-order valence-electron chi connectivity index (χ1n) is 4.27. The van der Waals surface area contributed by atoms with Gasteiger partial charge in [-0.3, -0.25) is 4.79 Å². The van der Waals surface area contributed by atoms with Crippen LogP contribution in [0.5, 0.6) is 0 Å². The van der Waals surface area contributed by atoms with Gasteiger partial charge >= 0.3 is 0 Å². The summed E-state index contributed by atoms with van der Waals surface area (Å²) >= 11 is 7.07. The standard InChI is InChI=1S/C9H9ClN2OS/c1-4(2)8-11-5-3-6(10)14-7(5)9(13)12-8/h3-4H,1-2H3,(H,11,12,13). The van der Waals surface area contributed by atoms with E-state index in [9.17, 15) is 4.79 Å². The van der Waals surface area contributed by atoms with Crippen LogP contribution in [-0.2, 0) is 0 Å². The molecule has 0 atom stereocenters. The van der Waals surface area contributed by atoms with Crippen LogP contribution in [0.1, 0.15) is 25.6 Å². The third-order valence-corrected chi connectivity index (χ3v) is 3.17. The summed E-state index contributed by atoms with van der Waals surface area (Å²) in [6.07, 6.45) is 0. The minimum atomic E-state index is -0.101. The molecule has 0 radical (unpaired) electrons. The van der Waals surface area contributed by atoms with Gasteiger partial charge in [-0.2, -0.15) is 0 Å². The number of aromatic amines is 1. The number of hydrogen-bond donors (Lipinski definition) is 1. The molecule has 0 aliphatic heterocycles. The zero-order valence-corrected chi connectivity index (χ0v) is 9.37. The van der Waals surface area contributed by atoms with Crippen molar-refractivity contribution < 1.29 is 0 Å². The van der Waals surface area contributed by atoms with Crippen molar-refractivity contribution in [1.29, 1.82) is 0 Å². The van der Waals surface area contributed by atoms with Crippen LogP contribution in [-0.4, -0.2) is 9.97 Å². The molecule has 0 amide bonds. The van der Waals surface area contributed by atoms with E-state index in [4.69, 9.17) is 11.6 Å². The molecule has 1 N–H and O–H groups in total. The quantitative estimate of drug-likeness (QED) is 0.816. The second kappa shape index (κ2) is 3.37. The molecule has 3 nitrogen and oxygen atoms in total. The van der Waals surface area contributed by atoms with Gasteiger partial charge in [-0.05, 0) is 6.07 Å². The molecular weight excluding hydrogens is 220 g/mol. The van der Waals surface area contributed by atoms with E-state index >= 15 is 0 Å². The van der Waals surface area contributed by atoms with Crippen molar-refractivity contribution in [2.75, 3.05) is 0 Å². The predicted octanol–water partition coefficient (Wildman–Crippen LogP) is 2.76. The lowest BCUT2D eigenvalue weighted by Crippen LogP contribution is -2.11. The SMILES string of the molecule is CC(C)c1nc2cc(Cl)sc2c(=O)[nH]1. The Morgan fingerprint density at radius 2 is 2.29 bits per heavy atom. The Morgan fingerprint density at radius 3 is 2.93 bits per heavy atom. The van der Waals surface area contributed by atoms with Crippen LogP contribution in [0.4, 0.5) is 0 Å². The van der Waals surface area contributed by atoms with Gasteiger partial charge in [0.05, 0.1) is 9.85 Å². The number of rotatable bonds is 1. The summed E-state index contributed by atoms with van der Waals surface area (Å²) in [7, 11) is 0. The fourth-order valence-corrected chi connectivity index (χ4v) is 2.26. The molecule has 0 spiro atoms. The summed E-state index contributed by atoms with van der Waals surface area (Å²) in [5.74, 6) is 0.919. The van der Waals surface area contributed by atoms with Crippen LogP contribution in [0, 0.1) is 0 Å². The van der Waals surface area contributed by atoms with Gasteiger partial charge in [0.1, 0.15) is 10.5 Å². The number of aromatic nitrogens is 2. The lowest BCUT2D eigenvalue weighted by atomic mass is 10.2. The maximum Gasteiger partial charge on any atom is 0.268 e. The molecule has 0 bridgehead atoms. The lowest BCUT2D eigenvalue weighted by molar-refractivity contribution is 0.777. The van der Waals surface area contributed by atoms with Crippen LogP contribution in [0.15, 0.2) is 10.9 Å². The topological polar surface area (TPSA) is 45.8 Å². The molecule has 0 unspecified atom stereocenters. The second-order valence-electron chi connectivity index (χ2n) is 3.37. The van der Waals surface area contributed by atoms with Gasteiger partial charge < -0.3 is 4.98 Å². The number of H-pyrrole nitrogens is 1. The van der Waals surface area contributed by atoms with E-state index in [-0.39, 0.29) is 11.5 Å². The molecule has 0 aliphatic carbocycles. The monoisotopic (exact) mass is 228 g/mol. The van der Waals surface area contributed by atoms with E-state index in [1.165, 1.54) is 11.3 Å². The van der Waals surface area contributed by atoms with Crippen molar-refractivity contribution in [3.8, 4) is 0 Å². The van der Waals surface area contributed by atoms with Gasteiger partial charge in [0, 0.05) is 5.92 Å². The fourth-order valence-electron chi connectivity index (χ4n) is 1.20. The number of nitrogens with zero attached hydrogens (tertiary/aromatic N) is 1. The molecule has 2 heterocycles. The van der Waals surface area contributed by atoms with Crippen LogP contribution in [0.2, 0.25) is 4.34 Å². The first kappa shape index (κ1) is 9.68. The summed E-state index contributed by atoms with van der Waals surface area (Å²) < 4.78 is 1.19. The largest absolute Gasteiger partial charge is 0.309 e. The Bertz CT molecular complexity index is 529. The highest BCUT2D eigenvalue weighted by Gasteiger charge is 2.09. The van der Waals surface area contributed by atoms with Crippen LogP contribution < -0.4 is 5.56 Å². The normalized spacial score (nSPS) is 11.4. The average molecular weight is 229 g/mol. The Morgan fingerprint density at radius 1 is 1.57 bits per heavy atom. The summed E-state index contributed by atoms with van der Waals surface area (Å²) in [4.78, 5) is 18.6. The van der Waals surface area contributed by atoms with Gasteiger partial charge in [-0.25, -0.2) is 4.98 Å². The Hall–Kier alpha value is -0.870. The number of nitrogens with one attached hydrogen (secondary N) is 1. The number of fused-ring (bicyclic) bond motifs is 1. The zero-order chi connectivity index (χ0) is 10.3. The molecule has 2 aromatic rings. The van der Waals surface area contributed by atoms with E-state index in [1.54, 1.807) is 6.07 Å². The lowest BCUT2D eigenvalue weighted by Gasteiger charge is -2.02. The van der Waals surface area contributed by atoms with Crippen LogP contribution in [0.25, 0.3) is 10.2 Å². The average Bonchev–Trinajstić information content (AvgIpc) is 2.45. The minimum Gasteiger partial charge on any atom is -0.309 e. The molecular formula is C9H9ClN2OS. The van der Waals surface area contributed by atoms with Crippen LogP contribution in [0.3, 0.4) is 0 Å². The van der Waals surface area contributed by atoms with E-state index < -0.39 is 0 Å². The molecule has 0 fully saturated rings. The van der Waals surface area contributed by atoms with Gasteiger partial charge in [-0.1, -0.05) is 25.4 Å². The molecule has 0 saturated carbocycles. The third kappa shape index (κ3) is 1.55. The van der Waals surface area contributed by atoms with Crippen molar-refractivity contribution in [2.45, 2.75) is 19.8 Å². The van der Waals surface area contributed by atoms with Crippen molar-refractivity contribution in [1.82, 2.24) is 9.97 Å². The number of thiophene rings is 1. The zero-order valence-electron chi connectivity index (χ0n) is 7.80. The first-order valence-corrected chi connectivity index (χ1v) is 5.46. The van der Waals surface area contributed by atoms with E-state index in [1.807, 2.05) is 13.8 Å². The highest BCUT2D eigenvalue weighted by Crippen LogP contribution is 2.25. The summed E-state index contributed by atoms with van der Waals surface area (Å²) in [5.41, 5.74) is 0.586. The Kier molecular flexibility index (Phi) is 2.33. The van der Waals surface area contributed by atoms with E-state index in [0.717, 1.165) is 0 Å². The fraction of sp³-hybridized carbons (Fsp3) is 0.333. The Balaban J connectivity index is 2.78. The maximum atomic E-state index is 11.6. The highest BCUT2D eigenvalue weighted by atomic mass is 35.5. The van der Waals surface area contributed by atoms with Crippen LogP contribution >= 0.6 is 22.9 Å². The number of halogens is 1. The molecule has 0 aliphatic rings. The van der Waals surface area contributed by atoms with E-state index in [0.29, 0.717) is 20.4 Å². The van der Waals surface area contributed by atoms with Crippen molar-refractivity contribution in [3.63, 3.8) is 0 Å². The van der Waals surface area contributed by atoms with Gasteiger partial charge in [0.2, 0.25) is 0 Å². The molecule has 0 aromatic carbocycles. The molecule has 5 heteroatoms. The van der Waals surface area contributed by atoms with Crippen molar-refractivity contribution in [2.24, 2.45) is 0 Å². The third-order valence-electron chi connectivity index (χ3n) is 1.92. The molecule has 2 rings (SSSR count). The van der Waals surface area contributed by atoms with E-state index in [2.05, 4.69) is 9.97 Å². The smallest absolute Gasteiger partial charge is 0.268 e. The summed E-state index contributed by atoms with van der Waals surface area (Å²) in [6.45, 7) is 3.97. The Labute approximate surface area is 89.8 Å². The highest BCUT2D eigenvalue weighted by molar-refractivity contribution is 7.22. The number of hydrogen-bond acceptors (Lipinski definition) is 3. The first-order chi connectivity index (χ1) is 6.58. The summed E-state index contributed by atoms with van der Waals surface area (Å²) in [6, 6.07) is 1.72. The van der Waals surface area contributed by atoms with Gasteiger partial charge in [-0.15, -0.1) is 11.3 Å². The molecule has 74 valence electrons. The molecule has 14 heavy (non-hydrogen) atoms. The predicted molar refractivity (Wildman–Crippen MR) is 59.3 cm³/mol. The van der Waals surface area contributed by atoms with Gasteiger partial charge in [0.25, 0.3) is 5.56 Å². The minimum absolute atomic E-state index is 0.101. The summed E-state index contributed by atoms with van der Waals surface area (Å²) in [5, 5.41) is 0. The van der Waals surface area contributed by atoms with Crippen molar-refractivity contribution in [3.05, 3.63) is 26.6 Å². The molecule has 2 aromatic heterocycles.